The number of aromatic nitrogens is 1. The zero-order valence-electron chi connectivity index (χ0n) is 43.6. The van der Waals surface area contributed by atoms with E-state index < -0.39 is 95.3 Å². The summed E-state index contributed by atoms with van der Waals surface area (Å²) >= 11 is 0. The highest BCUT2D eigenvalue weighted by atomic mass is 19.1. The first-order chi connectivity index (χ1) is 35.4. The molecule has 1 aliphatic rings. The van der Waals surface area contributed by atoms with Crippen LogP contribution in [0.4, 0.5) is 8.78 Å². The number of aliphatic hydroxyl groups is 1. The lowest BCUT2D eigenvalue weighted by atomic mass is 9.82. The van der Waals surface area contributed by atoms with Crippen molar-refractivity contribution < 1.29 is 62.1 Å². The number of imide groups is 1. The number of carboxylic acid groups (broad SMARTS) is 1. The Balaban J connectivity index is 1.25. The van der Waals surface area contributed by atoms with Crippen molar-refractivity contribution in [2.75, 3.05) is 32.8 Å². The zero-order chi connectivity index (χ0) is 55.6. The average Bonchev–Trinajstić information content (AvgIpc) is 3.91. The van der Waals surface area contributed by atoms with Gasteiger partial charge in [0.2, 0.25) is 47.3 Å². The Labute approximate surface area is 435 Å². The second kappa shape index (κ2) is 28.6. The molecule has 9 N–H and O–H groups in total. The van der Waals surface area contributed by atoms with E-state index in [1.165, 1.54) is 16.7 Å². The van der Waals surface area contributed by atoms with Gasteiger partial charge in [0.05, 0.1) is 12.1 Å². The van der Waals surface area contributed by atoms with Crippen LogP contribution in [-0.4, -0.2) is 135 Å². The molecule has 22 heteroatoms. The van der Waals surface area contributed by atoms with Crippen molar-refractivity contribution >= 4 is 53.2 Å². The number of amides is 8. The lowest BCUT2D eigenvalue weighted by Crippen LogP contribution is -2.56. The lowest BCUT2D eigenvalue weighted by molar-refractivity contribution is -0.142. The molecule has 1 saturated heterocycles. The van der Waals surface area contributed by atoms with Crippen LogP contribution >= 0.6 is 0 Å². The molecule has 8 amide bonds. The molecular weight excluding hydrogens is 977 g/mol. The van der Waals surface area contributed by atoms with E-state index in [2.05, 4.69) is 26.6 Å². The minimum Gasteiger partial charge on any atom is -0.480 e. The van der Waals surface area contributed by atoms with E-state index in [1.807, 2.05) is 55.7 Å². The Kier molecular flexibility index (Phi) is 23.0. The average molecular weight is 1050 g/mol. The predicted molar refractivity (Wildman–Crippen MR) is 273 cm³/mol. The van der Waals surface area contributed by atoms with Crippen LogP contribution in [0.5, 0.6) is 0 Å². The van der Waals surface area contributed by atoms with Crippen molar-refractivity contribution in [3.63, 3.8) is 0 Å². The first-order valence-corrected chi connectivity index (χ1v) is 25.3. The Morgan fingerprint density at radius 2 is 1.45 bits per heavy atom. The van der Waals surface area contributed by atoms with E-state index in [0.717, 1.165) is 23.8 Å². The number of carbonyl (C=O) groups is 9. The van der Waals surface area contributed by atoms with Crippen LogP contribution in [-0.2, 0) is 49.7 Å². The minimum atomic E-state index is -1.51. The predicted octanol–water partition coefficient (Wildman–Crippen LogP) is 3.04. The summed E-state index contributed by atoms with van der Waals surface area (Å²) in [4.78, 5) is 117. The highest BCUT2D eigenvalue weighted by Crippen LogP contribution is 2.41. The van der Waals surface area contributed by atoms with E-state index >= 15 is 4.39 Å². The Morgan fingerprint density at radius 3 is 2.08 bits per heavy atom. The smallest absolute Gasteiger partial charge is 0.326 e. The van der Waals surface area contributed by atoms with Gasteiger partial charge >= 0.3 is 5.97 Å². The summed E-state index contributed by atoms with van der Waals surface area (Å²) in [7, 11) is 0. The molecule has 75 heavy (non-hydrogen) atoms. The molecule has 20 nitrogen and oxygen atoms in total. The molecule has 2 aromatic carbocycles. The van der Waals surface area contributed by atoms with Crippen molar-refractivity contribution in [1.82, 2.24) is 41.0 Å². The van der Waals surface area contributed by atoms with Gasteiger partial charge in [-0.2, -0.15) is 0 Å². The first kappa shape index (κ1) is 60.5. The summed E-state index contributed by atoms with van der Waals surface area (Å²) < 4.78 is 31.4. The zero-order valence-corrected chi connectivity index (χ0v) is 43.6. The number of halogens is 2. The molecular formula is C53H73F2N9O11. The SMILES string of the molecule is CC(C)[C@H](NC(=O)CCCCCN1C(=O)CCC1=O)C(=O)N[C@@H](C)C(=O)N[C@@H](CCC(=O)NCCNC(=O)[C@@H](N)CCN(C(=O)CO)[C@@H](c1cc(-c2cc(F)ccc2F)cn1Cc1ccccc1)C(C)(C)C)C(=O)O. The molecule has 3 aromatic rings. The number of unbranched alkanes of at least 4 members (excludes halogenated alkanes) is 2. The second-order valence-corrected chi connectivity index (χ2v) is 20.1. The molecule has 4 rings (SSSR count). The van der Waals surface area contributed by atoms with Crippen LogP contribution in [0.1, 0.15) is 117 Å². The largest absolute Gasteiger partial charge is 0.480 e. The topological polar surface area (TPSA) is 292 Å². The van der Waals surface area contributed by atoms with Gasteiger partial charge in [-0.3, -0.25) is 43.3 Å². The fourth-order valence-electron chi connectivity index (χ4n) is 8.70. The van der Waals surface area contributed by atoms with Gasteiger partial charge in [-0.05, 0) is 73.8 Å². The second-order valence-electron chi connectivity index (χ2n) is 20.1. The first-order valence-electron chi connectivity index (χ1n) is 25.3. The summed E-state index contributed by atoms with van der Waals surface area (Å²) in [6.07, 6.45) is 3.04. The van der Waals surface area contributed by atoms with Crippen LogP contribution < -0.4 is 32.3 Å². The molecule has 0 aliphatic carbocycles. The highest BCUT2D eigenvalue weighted by molar-refractivity contribution is 6.02. The van der Waals surface area contributed by atoms with E-state index in [0.29, 0.717) is 37.1 Å². The maximum atomic E-state index is 15.1. The number of nitrogens with one attached hydrogen (secondary N) is 5. The Morgan fingerprint density at radius 1 is 0.787 bits per heavy atom. The molecule has 0 spiro atoms. The van der Waals surface area contributed by atoms with Gasteiger partial charge in [-0.15, -0.1) is 0 Å². The number of hydrogen-bond acceptors (Lipinski definition) is 11. The van der Waals surface area contributed by atoms with Crippen molar-refractivity contribution in [2.45, 2.75) is 136 Å². The van der Waals surface area contributed by atoms with E-state index in [4.69, 9.17) is 5.73 Å². The van der Waals surface area contributed by atoms with Crippen LogP contribution in [0.2, 0.25) is 0 Å². The summed E-state index contributed by atoms with van der Waals surface area (Å²) in [5, 5.41) is 32.7. The summed E-state index contributed by atoms with van der Waals surface area (Å²) in [6.45, 7) is 9.88. The molecule has 1 aromatic heterocycles. The maximum Gasteiger partial charge on any atom is 0.326 e. The van der Waals surface area contributed by atoms with E-state index in [-0.39, 0.29) is 88.0 Å². The van der Waals surface area contributed by atoms with E-state index in [9.17, 15) is 57.8 Å². The van der Waals surface area contributed by atoms with Gasteiger partial charge in [0.1, 0.15) is 36.4 Å². The van der Waals surface area contributed by atoms with Gasteiger partial charge < -0.3 is 52.0 Å². The standard InChI is InChI=1S/C53H73F2N9O11/c1-32(2)47(61-43(67)15-11-8-12-25-63-44(68)20-21-45(63)69)51(73)59-33(3)49(71)60-40(52(74)75)18-19-42(66)57-23-24-58-50(72)39(56)22-26-64(46(70)31-65)48(53(4,5)6)41-27-35(37-28-36(54)16-17-38(37)55)30-62(41)29-34-13-9-7-10-14-34/h7,9-10,13-14,16-17,27-28,30,32-33,39-40,47-48,65H,8,11-12,15,18-26,29,31,56H2,1-6H3,(H,57,66)(H,58,72)(H,59,73)(H,60,71)(H,61,67)(H,74,75)/t33-,39-,40-,47-,48-/m0/s1. The molecule has 0 unspecified atom stereocenters. The Hall–Kier alpha value is -7.07. The molecule has 0 radical (unpaired) electrons. The molecule has 1 fully saturated rings. The van der Waals surface area contributed by atoms with Gasteiger partial charge in [-0.25, -0.2) is 13.6 Å². The summed E-state index contributed by atoms with van der Waals surface area (Å²) in [5.74, 6) is -7.27. The number of nitrogens with zero attached hydrogens (tertiary/aromatic N) is 3. The summed E-state index contributed by atoms with van der Waals surface area (Å²) in [6, 6.07) is 8.57. The number of likely N-dealkylation sites (tertiary alicyclic amines) is 1. The third-order valence-electron chi connectivity index (χ3n) is 12.7. The number of aliphatic carboxylic acids is 1. The quantitative estimate of drug-likeness (QED) is 0.0368. The fourth-order valence-corrected chi connectivity index (χ4v) is 8.70. The van der Waals surface area contributed by atoms with Gasteiger partial charge in [0, 0.05) is 81.4 Å². The van der Waals surface area contributed by atoms with Gasteiger partial charge in [-0.1, -0.05) is 71.4 Å². The summed E-state index contributed by atoms with van der Waals surface area (Å²) in [5.41, 5.74) is 7.43. The van der Waals surface area contributed by atoms with Crippen molar-refractivity contribution in [1.29, 1.82) is 0 Å². The number of hydrogen-bond donors (Lipinski definition) is 8. The number of nitrogens with two attached hydrogens (primary N) is 1. The molecule has 2 heterocycles. The van der Waals surface area contributed by atoms with Crippen molar-refractivity contribution in [3.8, 4) is 11.1 Å². The number of carbonyl (C=O) groups excluding carboxylic acids is 8. The van der Waals surface area contributed by atoms with Crippen LogP contribution in [0.3, 0.4) is 0 Å². The van der Waals surface area contributed by atoms with Gasteiger partial charge in [0.15, 0.2) is 0 Å². The van der Waals surface area contributed by atoms with Crippen LogP contribution in [0.15, 0.2) is 60.8 Å². The lowest BCUT2D eigenvalue weighted by Gasteiger charge is -2.41. The van der Waals surface area contributed by atoms with Gasteiger partial charge in [0.25, 0.3) is 0 Å². The van der Waals surface area contributed by atoms with Crippen LogP contribution in [0.25, 0.3) is 11.1 Å². The molecule has 0 saturated carbocycles. The molecule has 5 atom stereocenters. The third-order valence-corrected chi connectivity index (χ3v) is 12.7. The van der Waals surface area contributed by atoms with Crippen LogP contribution in [0, 0.1) is 23.0 Å². The monoisotopic (exact) mass is 1050 g/mol. The number of benzene rings is 2. The number of carboxylic acids is 1. The third kappa shape index (κ3) is 18.4. The normalized spacial score (nSPS) is 14.6. The highest BCUT2D eigenvalue weighted by Gasteiger charge is 2.38. The molecule has 410 valence electrons. The molecule has 1 aliphatic heterocycles. The van der Waals surface area contributed by atoms with Crippen molar-refractivity contribution in [3.05, 3.63) is 83.7 Å². The van der Waals surface area contributed by atoms with Crippen molar-refractivity contribution in [2.24, 2.45) is 17.1 Å². The maximum absolute atomic E-state index is 15.1. The minimum absolute atomic E-state index is 0.0194. The number of rotatable bonds is 29. The number of aliphatic hydroxyl groups excluding tert-OH is 1. The Bertz CT molecular complexity index is 2480. The fraction of sp³-hybridized carbons (Fsp3) is 0.528. The molecule has 0 bridgehead atoms. The van der Waals surface area contributed by atoms with E-state index in [1.54, 1.807) is 26.1 Å².